The van der Waals surface area contributed by atoms with Gasteiger partial charge in [0.25, 0.3) is 0 Å². The molecule has 0 radical (unpaired) electrons. The number of aromatic nitrogens is 3. The van der Waals surface area contributed by atoms with Crippen molar-refractivity contribution in [1.29, 1.82) is 0 Å². The molecule has 0 aromatic carbocycles. The molecule has 1 heterocycles. The molecule has 1 aromatic rings. The second-order valence-electron chi connectivity index (χ2n) is 3.52. The van der Waals surface area contributed by atoms with Gasteiger partial charge in [0.2, 0.25) is 0 Å². The molecule has 0 spiro atoms. The van der Waals surface area contributed by atoms with Crippen molar-refractivity contribution in [2.24, 2.45) is 0 Å². The van der Waals surface area contributed by atoms with Crippen molar-refractivity contribution in [2.75, 3.05) is 0 Å². The zero-order chi connectivity index (χ0) is 10.9. The largest absolute Gasteiger partial charge is 0.346 e. The van der Waals surface area contributed by atoms with Crippen molar-refractivity contribution in [3.63, 3.8) is 0 Å². The normalized spacial score (nSPS) is 12.4. The van der Waals surface area contributed by atoms with Gasteiger partial charge in [0.05, 0.1) is 11.4 Å². The highest BCUT2D eigenvalue weighted by molar-refractivity contribution is 7.50. The van der Waals surface area contributed by atoms with E-state index in [1.165, 1.54) is 4.68 Å². The van der Waals surface area contributed by atoms with Gasteiger partial charge in [0, 0.05) is 0 Å². The van der Waals surface area contributed by atoms with Crippen LogP contribution in [-0.2, 0) is 10.9 Å². The minimum atomic E-state index is -4.07. The van der Waals surface area contributed by atoms with E-state index in [1.807, 2.05) is 13.8 Å². The molecule has 0 amide bonds. The van der Waals surface area contributed by atoms with Gasteiger partial charge in [-0.25, -0.2) is 4.68 Å². The zero-order valence-electron chi connectivity index (χ0n) is 8.38. The van der Waals surface area contributed by atoms with Gasteiger partial charge in [0.15, 0.2) is 0 Å². The van der Waals surface area contributed by atoms with Crippen LogP contribution in [0.1, 0.15) is 31.2 Å². The molecule has 0 aliphatic rings. The van der Waals surface area contributed by atoms with Crippen LogP contribution in [0.15, 0.2) is 0 Å². The van der Waals surface area contributed by atoms with E-state index in [4.69, 9.17) is 9.79 Å². The molecule has 0 aliphatic heterocycles. The minimum Gasteiger partial charge on any atom is -0.323 e. The van der Waals surface area contributed by atoms with Crippen LogP contribution < -0.4 is 0 Å². The summed E-state index contributed by atoms with van der Waals surface area (Å²) in [5.74, 6) is 0.209. The SMILES string of the molecule is Cc1c(C(C)C)nnn1CP(=O)(O)O. The summed E-state index contributed by atoms with van der Waals surface area (Å²) in [5, 5.41) is 7.57. The van der Waals surface area contributed by atoms with Crippen LogP contribution in [0.3, 0.4) is 0 Å². The summed E-state index contributed by atoms with van der Waals surface area (Å²) in [6.45, 7) is 5.67. The van der Waals surface area contributed by atoms with Crippen molar-refractivity contribution < 1.29 is 14.4 Å². The highest BCUT2D eigenvalue weighted by Gasteiger charge is 2.19. The molecule has 1 aromatic heterocycles. The summed E-state index contributed by atoms with van der Waals surface area (Å²) in [4.78, 5) is 17.5. The molecule has 7 heteroatoms. The lowest BCUT2D eigenvalue weighted by atomic mass is 10.1. The molecule has 0 atom stereocenters. The van der Waals surface area contributed by atoms with Gasteiger partial charge in [-0.15, -0.1) is 5.10 Å². The van der Waals surface area contributed by atoms with Gasteiger partial charge in [-0.05, 0) is 12.8 Å². The monoisotopic (exact) mass is 219 g/mol. The van der Waals surface area contributed by atoms with Crippen molar-refractivity contribution in [1.82, 2.24) is 15.0 Å². The lowest BCUT2D eigenvalue weighted by molar-refractivity contribution is 0.357. The molecule has 6 nitrogen and oxygen atoms in total. The van der Waals surface area contributed by atoms with E-state index in [2.05, 4.69) is 10.3 Å². The first kappa shape index (κ1) is 11.4. The Bertz CT molecular complexity index is 368. The first-order chi connectivity index (χ1) is 6.31. The second kappa shape index (κ2) is 3.81. The van der Waals surface area contributed by atoms with Crippen LogP contribution in [0.5, 0.6) is 0 Å². The van der Waals surface area contributed by atoms with Crippen LogP contribution in [0.4, 0.5) is 0 Å². The predicted octanol–water partition coefficient (Wildman–Crippen LogP) is 0.845. The molecule has 14 heavy (non-hydrogen) atoms. The molecule has 2 N–H and O–H groups in total. The Kier molecular flexibility index (Phi) is 3.09. The first-order valence-corrected chi connectivity index (χ1v) is 6.05. The highest BCUT2D eigenvalue weighted by Crippen LogP contribution is 2.36. The highest BCUT2D eigenvalue weighted by atomic mass is 31.2. The molecule has 0 aliphatic carbocycles. The lowest BCUT2D eigenvalue weighted by Gasteiger charge is -2.06. The van der Waals surface area contributed by atoms with Crippen LogP contribution in [0, 0.1) is 6.92 Å². The van der Waals surface area contributed by atoms with Crippen molar-refractivity contribution >= 4 is 7.60 Å². The van der Waals surface area contributed by atoms with Gasteiger partial charge < -0.3 is 9.79 Å². The summed E-state index contributed by atoms with van der Waals surface area (Å²) in [5.41, 5.74) is 1.49. The maximum Gasteiger partial charge on any atom is 0.346 e. The fourth-order valence-electron chi connectivity index (χ4n) is 1.22. The number of rotatable bonds is 3. The zero-order valence-corrected chi connectivity index (χ0v) is 9.27. The van der Waals surface area contributed by atoms with E-state index in [0.717, 1.165) is 5.69 Å². The summed E-state index contributed by atoms with van der Waals surface area (Å²) in [7, 11) is -4.07. The van der Waals surface area contributed by atoms with Gasteiger partial charge in [-0.2, -0.15) is 0 Å². The third-order valence-electron chi connectivity index (χ3n) is 1.88. The first-order valence-electron chi connectivity index (χ1n) is 4.26. The summed E-state index contributed by atoms with van der Waals surface area (Å²) in [6.07, 6.45) is -0.404. The van der Waals surface area contributed by atoms with Crippen LogP contribution >= 0.6 is 7.60 Å². The number of hydrogen-bond acceptors (Lipinski definition) is 3. The quantitative estimate of drug-likeness (QED) is 0.735. The Hall–Kier alpha value is -0.710. The van der Waals surface area contributed by atoms with Crippen molar-refractivity contribution in [2.45, 2.75) is 33.0 Å². The predicted molar refractivity (Wildman–Crippen MR) is 50.9 cm³/mol. The Morgan fingerprint density at radius 2 is 2.07 bits per heavy atom. The van der Waals surface area contributed by atoms with Crippen LogP contribution in [0.25, 0.3) is 0 Å². The Morgan fingerprint density at radius 1 is 1.50 bits per heavy atom. The molecule has 0 saturated heterocycles. The van der Waals surface area contributed by atoms with Gasteiger partial charge >= 0.3 is 7.60 Å². The third-order valence-corrected chi connectivity index (χ3v) is 2.52. The molecule has 80 valence electrons. The molecule has 0 unspecified atom stereocenters. The molecular weight excluding hydrogens is 205 g/mol. The van der Waals surface area contributed by atoms with Crippen molar-refractivity contribution in [3.05, 3.63) is 11.4 Å². The van der Waals surface area contributed by atoms with Crippen molar-refractivity contribution in [3.8, 4) is 0 Å². The molecule has 0 fully saturated rings. The van der Waals surface area contributed by atoms with Gasteiger partial charge in [-0.1, -0.05) is 19.1 Å². The third kappa shape index (κ3) is 2.64. The fraction of sp³-hybridized carbons (Fsp3) is 0.714. The lowest BCUT2D eigenvalue weighted by Crippen LogP contribution is -2.03. The van der Waals surface area contributed by atoms with E-state index in [1.54, 1.807) is 6.92 Å². The van der Waals surface area contributed by atoms with E-state index in [9.17, 15) is 4.57 Å². The van der Waals surface area contributed by atoms with Gasteiger partial charge in [-0.3, -0.25) is 4.57 Å². The molecular formula is C7H14N3O3P. The standard InChI is InChI=1S/C7H14N3O3P/c1-5(2)7-6(3)10(9-8-7)4-14(11,12)13/h5H,4H2,1-3H3,(H2,11,12,13). The average molecular weight is 219 g/mol. The van der Waals surface area contributed by atoms with Gasteiger partial charge in [0.1, 0.15) is 6.29 Å². The van der Waals surface area contributed by atoms with Crippen LogP contribution in [-0.4, -0.2) is 24.8 Å². The summed E-state index contributed by atoms with van der Waals surface area (Å²) in [6, 6.07) is 0. The Balaban J connectivity index is 2.96. The molecule has 0 bridgehead atoms. The van der Waals surface area contributed by atoms with E-state index >= 15 is 0 Å². The molecule has 0 saturated carbocycles. The van der Waals surface area contributed by atoms with Crippen LogP contribution in [0.2, 0.25) is 0 Å². The van der Waals surface area contributed by atoms with E-state index in [-0.39, 0.29) is 5.92 Å². The number of hydrogen-bond donors (Lipinski definition) is 2. The second-order valence-corrected chi connectivity index (χ2v) is 5.13. The van der Waals surface area contributed by atoms with E-state index < -0.39 is 13.9 Å². The topological polar surface area (TPSA) is 88.2 Å². The summed E-state index contributed by atoms with van der Waals surface area (Å²) >= 11 is 0. The maximum absolute atomic E-state index is 10.7. The maximum atomic E-state index is 10.7. The summed E-state index contributed by atoms with van der Waals surface area (Å²) < 4.78 is 12.0. The minimum absolute atomic E-state index is 0.209. The Labute approximate surface area is 82.1 Å². The molecule has 1 rings (SSSR count). The average Bonchev–Trinajstić information content (AvgIpc) is 2.29. The Morgan fingerprint density at radius 3 is 2.43 bits per heavy atom. The van der Waals surface area contributed by atoms with E-state index in [0.29, 0.717) is 5.69 Å². The smallest absolute Gasteiger partial charge is 0.323 e. The number of nitrogens with zero attached hydrogens (tertiary/aromatic N) is 3. The fourth-order valence-corrected chi connectivity index (χ4v) is 1.83.